The van der Waals surface area contributed by atoms with Crippen LogP contribution >= 0.6 is 11.6 Å². The molecule has 0 aliphatic heterocycles. The van der Waals surface area contributed by atoms with Gasteiger partial charge in [0.25, 0.3) is 6.43 Å². The third kappa shape index (κ3) is 7.70. The molecule has 0 radical (unpaired) electrons. The monoisotopic (exact) mass is 408 g/mol. The summed E-state index contributed by atoms with van der Waals surface area (Å²) in [7, 11) is 0. The number of hydrogen-bond acceptors (Lipinski definition) is 0. The molecular weight excluding hydrogens is 397 g/mol. The number of alkyl halides is 2. The first-order chi connectivity index (χ1) is 12.7. The summed E-state index contributed by atoms with van der Waals surface area (Å²) in [6, 6.07) is 13.3. The minimum Gasteiger partial charge on any atom is -0.206 e. The molecule has 0 nitrogen and oxygen atoms in total. The van der Waals surface area contributed by atoms with Gasteiger partial charge >= 0.3 is 0 Å². The lowest BCUT2D eigenvalue weighted by molar-refractivity contribution is 0.146. The van der Waals surface area contributed by atoms with Gasteiger partial charge in [-0.15, -0.1) is 0 Å². The smallest absolute Gasteiger partial charge is 0.206 e. The van der Waals surface area contributed by atoms with Crippen molar-refractivity contribution in [1.29, 1.82) is 0 Å². The molecule has 144 valence electrons. The normalized spacial score (nSPS) is 9.81. The first-order valence-corrected chi connectivity index (χ1v) is 7.64. The van der Waals surface area contributed by atoms with E-state index < -0.39 is 46.1 Å². The van der Waals surface area contributed by atoms with Gasteiger partial charge in [-0.2, -0.15) is 0 Å². The van der Waals surface area contributed by atoms with Crippen molar-refractivity contribution in [2.24, 2.45) is 0 Å². The highest BCUT2D eigenvalue weighted by molar-refractivity contribution is 6.30. The third-order valence-corrected chi connectivity index (χ3v) is 3.23. The molecule has 0 saturated heterocycles. The molecule has 0 spiro atoms. The van der Waals surface area contributed by atoms with Crippen LogP contribution < -0.4 is 0 Å². The number of benzene rings is 3. The summed E-state index contributed by atoms with van der Waals surface area (Å²) in [4.78, 5) is 0. The zero-order chi connectivity index (χ0) is 20.4. The lowest BCUT2D eigenvalue weighted by Gasteiger charge is -1.98. The highest BCUT2D eigenvalue weighted by Crippen LogP contribution is 2.20. The van der Waals surface area contributed by atoms with Gasteiger partial charge in [-0.3, -0.25) is 0 Å². The second-order valence-corrected chi connectivity index (χ2v) is 5.15. The van der Waals surface area contributed by atoms with Gasteiger partial charge in [0.2, 0.25) is 0 Å². The fraction of sp³-hybridized carbons (Fsp3) is 0.0526. The Morgan fingerprint density at radius 1 is 0.519 bits per heavy atom. The van der Waals surface area contributed by atoms with Crippen LogP contribution in [0.5, 0.6) is 0 Å². The van der Waals surface area contributed by atoms with E-state index in [4.69, 9.17) is 11.6 Å². The average Bonchev–Trinajstić information content (AvgIpc) is 2.63. The van der Waals surface area contributed by atoms with E-state index in [9.17, 15) is 30.7 Å². The van der Waals surface area contributed by atoms with E-state index >= 15 is 0 Å². The van der Waals surface area contributed by atoms with Crippen molar-refractivity contribution in [1.82, 2.24) is 0 Å². The lowest BCUT2D eigenvalue weighted by Crippen LogP contribution is -1.87. The van der Waals surface area contributed by atoms with Crippen LogP contribution in [0.3, 0.4) is 0 Å². The van der Waals surface area contributed by atoms with E-state index in [0.29, 0.717) is 0 Å². The summed E-state index contributed by atoms with van der Waals surface area (Å²) >= 11 is 5.13. The van der Waals surface area contributed by atoms with E-state index in [1.165, 1.54) is 30.3 Å². The zero-order valence-corrected chi connectivity index (χ0v) is 14.2. The van der Waals surface area contributed by atoms with Gasteiger partial charge in [0.05, 0.1) is 5.56 Å². The molecule has 0 aliphatic carbocycles. The molecule has 0 unspecified atom stereocenters. The van der Waals surface area contributed by atoms with Crippen molar-refractivity contribution in [3.8, 4) is 0 Å². The molecule has 0 heterocycles. The maximum absolute atomic E-state index is 12.4. The standard InChI is InChI=1S/C7H5F3.C6H3ClF2.C6H4F2/c8-6-4-2-1-3-5(6)7(9)10;7-6-4(8)2-1-3-5(6)9;7-5-3-1-2-4-6(5)8/h1-4,7H;1-3H;1-4H. The molecule has 0 amide bonds. The second-order valence-electron chi connectivity index (χ2n) is 4.77. The summed E-state index contributed by atoms with van der Waals surface area (Å²) in [6.45, 7) is 0. The Morgan fingerprint density at radius 2 is 0.889 bits per heavy atom. The minimum atomic E-state index is -2.72. The third-order valence-electron chi connectivity index (χ3n) is 2.87. The molecule has 0 bridgehead atoms. The molecule has 3 aromatic carbocycles. The van der Waals surface area contributed by atoms with Crippen LogP contribution in [-0.4, -0.2) is 0 Å². The van der Waals surface area contributed by atoms with Crippen molar-refractivity contribution in [2.75, 3.05) is 0 Å². The summed E-state index contributed by atoms with van der Waals surface area (Å²) in [5, 5.41) is -0.447. The largest absolute Gasteiger partial charge is 0.266 e. The molecule has 3 rings (SSSR count). The van der Waals surface area contributed by atoms with Crippen LogP contribution in [0, 0.1) is 29.1 Å². The molecular formula is C19H12ClF7. The molecule has 0 N–H and O–H groups in total. The Bertz CT molecular complexity index is 812. The van der Waals surface area contributed by atoms with Crippen LogP contribution in [0.15, 0.2) is 66.7 Å². The zero-order valence-electron chi connectivity index (χ0n) is 13.5. The predicted molar refractivity (Wildman–Crippen MR) is 89.1 cm³/mol. The molecule has 27 heavy (non-hydrogen) atoms. The summed E-state index contributed by atoms with van der Waals surface area (Å²) in [5.74, 6) is -3.90. The maximum Gasteiger partial charge on any atom is 0.266 e. The van der Waals surface area contributed by atoms with Crippen molar-refractivity contribution in [3.05, 3.63) is 106 Å². The SMILES string of the molecule is Fc1cccc(F)c1Cl.Fc1ccccc1C(F)F.Fc1ccccc1F. The highest BCUT2D eigenvalue weighted by Gasteiger charge is 2.10. The van der Waals surface area contributed by atoms with Gasteiger partial charge in [-0.05, 0) is 30.3 Å². The molecule has 0 atom stereocenters. The minimum absolute atomic E-state index is 0.447. The fourth-order valence-corrected chi connectivity index (χ4v) is 1.69. The van der Waals surface area contributed by atoms with Crippen LogP contribution in [0.1, 0.15) is 12.0 Å². The van der Waals surface area contributed by atoms with Gasteiger partial charge in [-0.1, -0.05) is 48.0 Å². The van der Waals surface area contributed by atoms with E-state index in [1.807, 2.05) is 0 Å². The van der Waals surface area contributed by atoms with Crippen molar-refractivity contribution in [2.45, 2.75) is 6.43 Å². The van der Waals surface area contributed by atoms with Gasteiger partial charge in [0.15, 0.2) is 11.6 Å². The number of rotatable bonds is 1. The molecule has 0 saturated carbocycles. The van der Waals surface area contributed by atoms with Crippen LogP contribution in [0.2, 0.25) is 5.02 Å². The van der Waals surface area contributed by atoms with Gasteiger partial charge in [-0.25, -0.2) is 30.7 Å². The molecule has 0 aromatic heterocycles. The molecule has 0 aliphatic rings. The summed E-state index contributed by atoms with van der Waals surface area (Å²) in [6.07, 6.45) is -2.72. The van der Waals surface area contributed by atoms with Gasteiger partial charge in [0, 0.05) is 0 Å². The Balaban J connectivity index is 0.000000204. The number of hydrogen-bond donors (Lipinski definition) is 0. The lowest BCUT2D eigenvalue weighted by atomic mass is 10.2. The summed E-state index contributed by atoms with van der Waals surface area (Å²) in [5.41, 5.74) is -0.539. The Kier molecular flexibility index (Phi) is 9.36. The topological polar surface area (TPSA) is 0 Å². The van der Waals surface area contributed by atoms with E-state index in [1.54, 1.807) is 0 Å². The fourth-order valence-electron chi connectivity index (χ4n) is 1.57. The quantitative estimate of drug-likeness (QED) is 0.292. The summed E-state index contributed by atoms with van der Waals surface area (Å²) < 4.78 is 84.2. The maximum atomic E-state index is 12.4. The number of halogens is 8. The Morgan fingerprint density at radius 3 is 1.19 bits per heavy atom. The van der Waals surface area contributed by atoms with Gasteiger partial charge in [0.1, 0.15) is 22.5 Å². The first kappa shape index (κ1) is 22.5. The second kappa shape index (κ2) is 11.2. The highest BCUT2D eigenvalue weighted by atomic mass is 35.5. The first-order valence-electron chi connectivity index (χ1n) is 7.26. The molecule has 3 aromatic rings. The van der Waals surface area contributed by atoms with E-state index in [2.05, 4.69) is 0 Å². The average molecular weight is 409 g/mol. The van der Waals surface area contributed by atoms with Crippen molar-refractivity contribution in [3.63, 3.8) is 0 Å². The molecule has 0 fully saturated rings. The molecule has 8 heteroatoms. The van der Waals surface area contributed by atoms with Crippen molar-refractivity contribution >= 4 is 11.6 Å². The van der Waals surface area contributed by atoms with E-state index in [-0.39, 0.29) is 0 Å². The Labute approximate surface area is 155 Å². The van der Waals surface area contributed by atoms with Crippen LogP contribution in [0.4, 0.5) is 30.7 Å². The van der Waals surface area contributed by atoms with Crippen LogP contribution in [-0.2, 0) is 0 Å². The van der Waals surface area contributed by atoms with Crippen LogP contribution in [0.25, 0.3) is 0 Å². The predicted octanol–water partition coefficient (Wildman–Crippen LogP) is 7.35. The Hall–Kier alpha value is -2.54. The van der Waals surface area contributed by atoms with Crippen molar-refractivity contribution < 1.29 is 30.7 Å². The van der Waals surface area contributed by atoms with Gasteiger partial charge < -0.3 is 0 Å². The van der Waals surface area contributed by atoms with E-state index in [0.717, 1.165) is 36.4 Å².